The third-order valence-corrected chi connectivity index (χ3v) is 3.61. The first kappa shape index (κ1) is 15.1. The van der Waals surface area contributed by atoms with Gasteiger partial charge >= 0.3 is 0 Å². The van der Waals surface area contributed by atoms with E-state index in [4.69, 9.17) is 22.1 Å². The van der Waals surface area contributed by atoms with Crippen LogP contribution in [0.3, 0.4) is 0 Å². The zero-order valence-electron chi connectivity index (χ0n) is 11.3. The molecule has 0 aromatic heterocycles. The average Bonchev–Trinajstić information content (AvgIpc) is 2.41. The zero-order valence-corrected chi connectivity index (χ0v) is 12.1. The molecule has 2 rings (SSSR count). The van der Waals surface area contributed by atoms with Gasteiger partial charge in [-0.1, -0.05) is 11.6 Å². The second kappa shape index (κ2) is 6.41. The third kappa shape index (κ3) is 3.61. The number of likely N-dealkylation sites (tertiary alicyclic amines) is 1. The molecule has 1 saturated heterocycles. The molecule has 1 fully saturated rings. The van der Waals surface area contributed by atoms with Crippen LogP contribution in [0.15, 0.2) is 18.2 Å². The summed E-state index contributed by atoms with van der Waals surface area (Å²) in [6.07, 6.45) is 1.16. The minimum Gasteiger partial charge on any atom is -0.479 e. The van der Waals surface area contributed by atoms with E-state index in [0.717, 1.165) is 18.9 Å². The molecule has 20 heavy (non-hydrogen) atoms. The Morgan fingerprint density at radius 1 is 1.60 bits per heavy atom. The van der Waals surface area contributed by atoms with Gasteiger partial charge in [-0.15, -0.1) is 0 Å². The van der Waals surface area contributed by atoms with Gasteiger partial charge in [-0.25, -0.2) is 4.39 Å². The Labute approximate surface area is 122 Å². The molecule has 1 aromatic carbocycles. The van der Waals surface area contributed by atoms with Crippen molar-refractivity contribution >= 4 is 17.5 Å². The van der Waals surface area contributed by atoms with Crippen molar-refractivity contribution in [3.05, 3.63) is 29.0 Å². The van der Waals surface area contributed by atoms with Gasteiger partial charge in [0.2, 0.25) is 0 Å². The van der Waals surface area contributed by atoms with Crippen molar-refractivity contribution in [2.24, 2.45) is 5.73 Å². The molecule has 0 spiro atoms. The van der Waals surface area contributed by atoms with E-state index >= 15 is 0 Å². The van der Waals surface area contributed by atoms with Crippen LogP contribution in [-0.4, -0.2) is 36.0 Å². The van der Waals surface area contributed by atoms with E-state index in [-0.39, 0.29) is 17.0 Å². The molecule has 2 unspecified atom stereocenters. The van der Waals surface area contributed by atoms with Crippen molar-refractivity contribution in [1.82, 2.24) is 4.90 Å². The fourth-order valence-electron chi connectivity index (χ4n) is 2.28. The highest BCUT2D eigenvalue weighted by Crippen LogP contribution is 2.26. The maximum atomic E-state index is 12.9. The highest BCUT2D eigenvalue weighted by Gasteiger charge is 2.26. The minimum absolute atomic E-state index is 0.0225. The Hall–Kier alpha value is -1.33. The molecule has 0 bridgehead atoms. The first-order valence-electron chi connectivity index (χ1n) is 6.63. The standard InChI is InChI=1S/C14H18ClFN2O2/c1-9(14(19)18-6-2-3-11(17)8-18)20-13-5-4-10(16)7-12(13)15/h4-5,7,9,11H,2-3,6,8,17H2,1H3. The molecule has 1 heterocycles. The highest BCUT2D eigenvalue weighted by molar-refractivity contribution is 6.32. The number of nitrogens with two attached hydrogens (primary N) is 1. The van der Waals surface area contributed by atoms with Crippen molar-refractivity contribution in [2.75, 3.05) is 13.1 Å². The summed E-state index contributed by atoms with van der Waals surface area (Å²) >= 11 is 5.88. The average molecular weight is 301 g/mol. The van der Waals surface area contributed by atoms with Crippen LogP contribution in [0.25, 0.3) is 0 Å². The number of hydrogen-bond acceptors (Lipinski definition) is 3. The number of rotatable bonds is 3. The molecular formula is C14H18ClFN2O2. The number of carbonyl (C=O) groups excluding carboxylic acids is 1. The SMILES string of the molecule is CC(Oc1ccc(F)cc1Cl)C(=O)N1CCCC(N)C1. The number of amides is 1. The maximum absolute atomic E-state index is 12.9. The van der Waals surface area contributed by atoms with E-state index in [1.807, 2.05) is 0 Å². The van der Waals surface area contributed by atoms with Crippen molar-refractivity contribution < 1.29 is 13.9 Å². The Morgan fingerprint density at radius 3 is 3.00 bits per heavy atom. The summed E-state index contributed by atoms with van der Waals surface area (Å²) in [5, 5.41) is 0.153. The monoisotopic (exact) mass is 300 g/mol. The number of hydrogen-bond donors (Lipinski definition) is 1. The summed E-state index contributed by atoms with van der Waals surface area (Å²) in [6.45, 7) is 2.89. The number of halogens is 2. The Morgan fingerprint density at radius 2 is 2.35 bits per heavy atom. The van der Waals surface area contributed by atoms with E-state index in [0.29, 0.717) is 18.8 Å². The van der Waals surface area contributed by atoms with Crippen LogP contribution in [0.2, 0.25) is 5.02 Å². The van der Waals surface area contributed by atoms with Gasteiger partial charge in [-0.05, 0) is 38.0 Å². The summed E-state index contributed by atoms with van der Waals surface area (Å²) in [5.41, 5.74) is 5.86. The molecule has 1 aromatic rings. The van der Waals surface area contributed by atoms with Gasteiger partial charge in [0.15, 0.2) is 6.10 Å². The lowest BCUT2D eigenvalue weighted by Crippen LogP contribution is -2.49. The van der Waals surface area contributed by atoms with E-state index in [1.54, 1.807) is 11.8 Å². The molecule has 110 valence electrons. The lowest BCUT2D eigenvalue weighted by atomic mass is 10.1. The second-order valence-electron chi connectivity index (χ2n) is 5.02. The normalized spacial score (nSPS) is 20.6. The maximum Gasteiger partial charge on any atom is 0.263 e. The van der Waals surface area contributed by atoms with Crippen LogP contribution < -0.4 is 10.5 Å². The van der Waals surface area contributed by atoms with E-state index in [1.165, 1.54) is 12.1 Å². The van der Waals surface area contributed by atoms with Crippen molar-refractivity contribution in [1.29, 1.82) is 0 Å². The molecule has 2 N–H and O–H groups in total. The quantitative estimate of drug-likeness (QED) is 0.931. The summed E-state index contributed by atoms with van der Waals surface area (Å²) in [4.78, 5) is 14.0. The zero-order chi connectivity index (χ0) is 14.7. The number of carbonyl (C=O) groups is 1. The van der Waals surface area contributed by atoms with Crippen LogP contribution >= 0.6 is 11.6 Å². The predicted molar refractivity (Wildman–Crippen MR) is 75.3 cm³/mol. The van der Waals surface area contributed by atoms with Crippen molar-refractivity contribution in [3.8, 4) is 5.75 Å². The topological polar surface area (TPSA) is 55.6 Å². The predicted octanol–water partition coefficient (Wildman–Crippen LogP) is 2.20. The van der Waals surface area contributed by atoms with E-state index in [2.05, 4.69) is 0 Å². The summed E-state index contributed by atoms with van der Waals surface area (Å²) < 4.78 is 18.5. The first-order chi connectivity index (χ1) is 9.47. The molecule has 4 nitrogen and oxygen atoms in total. The van der Waals surface area contributed by atoms with Gasteiger partial charge < -0.3 is 15.4 Å². The number of benzene rings is 1. The molecule has 0 radical (unpaired) electrons. The largest absolute Gasteiger partial charge is 0.479 e. The summed E-state index contributed by atoms with van der Waals surface area (Å²) in [7, 11) is 0. The Balaban J connectivity index is 2.00. The van der Waals surface area contributed by atoms with Crippen molar-refractivity contribution in [2.45, 2.75) is 31.9 Å². The Bertz CT molecular complexity index is 498. The minimum atomic E-state index is -0.678. The van der Waals surface area contributed by atoms with Crippen LogP contribution in [0, 0.1) is 5.82 Å². The van der Waals surface area contributed by atoms with Crippen LogP contribution in [-0.2, 0) is 4.79 Å². The van der Waals surface area contributed by atoms with Gasteiger partial charge in [0.1, 0.15) is 11.6 Å². The fraction of sp³-hybridized carbons (Fsp3) is 0.500. The lowest BCUT2D eigenvalue weighted by molar-refractivity contribution is -0.139. The van der Waals surface area contributed by atoms with Crippen LogP contribution in [0.4, 0.5) is 4.39 Å². The van der Waals surface area contributed by atoms with Crippen molar-refractivity contribution in [3.63, 3.8) is 0 Å². The molecule has 1 amide bonds. The molecule has 1 aliphatic rings. The van der Waals surface area contributed by atoms with Gasteiger partial charge in [0.25, 0.3) is 5.91 Å². The molecular weight excluding hydrogens is 283 g/mol. The molecule has 0 aliphatic carbocycles. The summed E-state index contributed by atoms with van der Waals surface area (Å²) in [6, 6.07) is 3.85. The first-order valence-corrected chi connectivity index (χ1v) is 7.01. The smallest absolute Gasteiger partial charge is 0.263 e. The molecule has 0 saturated carbocycles. The number of piperidine rings is 1. The Kier molecular flexibility index (Phi) is 4.83. The van der Waals surface area contributed by atoms with Gasteiger partial charge in [0, 0.05) is 19.1 Å². The van der Waals surface area contributed by atoms with Crippen LogP contribution in [0.5, 0.6) is 5.75 Å². The molecule has 1 aliphatic heterocycles. The second-order valence-corrected chi connectivity index (χ2v) is 5.43. The van der Waals surface area contributed by atoms with Gasteiger partial charge in [0.05, 0.1) is 5.02 Å². The molecule has 2 atom stereocenters. The van der Waals surface area contributed by atoms with Gasteiger partial charge in [-0.2, -0.15) is 0 Å². The number of ether oxygens (including phenoxy) is 1. The molecule has 6 heteroatoms. The number of nitrogens with zero attached hydrogens (tertiary/aromatic N) is 1. The van der Waals surface area contributed by atoms with E-state index in [9.17, 15) is 9.18 Å². The lowest BCUT2D eigenvalue weighted by Gasteiger charge is -2.32. The fourth-order valence-corrected chi connectivity index (χ4v) is 2.49. The van der Waals surface area contributed by atoms with E-state index < -0.39 is 11.9 Å². The van der Waals surface area contributed by atoms with Crippen LogP contribution in [0.1, 0.15) is 19.8 Å². The van der Waals surface area contributed by atoms with Gasteiger partial charge in [-0.3, -0.25) is 4.79 Å². The third-order valence-electron chi connectivity index (χ3n) is 3.31. The highest BCUT2D eigenvalue weighted by atomic mass is 35.5. The summed E-state index contributed by atoms with van der Waals surface area (Å²) in [5.74, 6) is -0.265.